The first-order chi connectivity index (χ1) is 8.18. The Morgan fingerprint density at radius 1 is 1.06 bits per heavy atom. The molecule has 0 aliphatic rings. The van der Waals surface area contributed by atoms with Gasteiger partial charge >= 0.3 is 106 Å². The van der Waals surface area contributed by atoms with E-state index in [1.165, 1.54) is 0 Å². The summed E-state index contributed by atoms with van der Waals surface area (Å²) in [5, 5.41) is 11.0. The molecule has 0 atom stereocenters. The van der Waals surface area contributed by atoms with Gasteiger partial charge in [-0.1, -0.05) is 0 Å². The molecule has 0 aromatic heterocycles. The van der Waals surface area contributed by atoms with Crippen molar-refractivity contribution in [3.05, 3.63) is 64.2 Å². The minimum absolute atomic E-state index is 0.0188. The summed E-state index contributed by atoms with van der Waals surface area (Å²) in [4.78, 5) is 10.7. The van der Waals surface area contributed by atoms with Crippen LogP contribution in [0.15, 0.2) is 48.5 Å². The molecule has 0 aliphatic carbocycles. The van der Waals surface area contributed by atoms with Gasteiger partial charge in [0.05, 0.1) is 0 Å². The van der Waals surface area contributed by atoms with Crippen LogP contribution >= 0.6 is 0 Å². The average Bonchev–Trinajstić information content (AvgIpc) is 2.33. The van der Waals surface area contributed by atoms with E-state index in [1.54, 1.807) is 12.1 Å². The summed E-state index contributed by atoms with van der Waals surface area (Å²) in [6, 6.07) is 15.1. The molecule has 3 nitrogen and oxygen atoms in total. The van der Waals surface area contributed by atoms with E-state index in [2.05, 4.69) is 0 Å². The molecule has 0 fully saturated rings. The van der Waals surface area contributed by atoms with E-state index in [4.69, 9.17) is 0 Å². The van der Waals surface area contributed by atoms with Gasteiger partial charge in [-0.15, -0.1) is 0 Å². The van der Waals surface area contributed by atoms with Crippen molar-refractivity contribution in [1.29, 1.82) is 0 Å². The Labute approximate surface area is 106 Å². The molecule has 0 saturated carbocycles. The molecular weight excluding hydrogens is 281 g/mol. The molecule has 0 radical (unpaired) electrons. The SMILES string of the molecule is Cc1cccc([N+](=O)[O-])c1[Se]c1ccccc1. The molecule has 17 heavy (non-hydrogen) atoms. The number of benzene rings is 2. The van der Waals surface area contributed by atoms with Crippen molar-refractivity contribution < 1.29 is 4.92 Å². The van der Waals surface area contributed by atoms with E-state index in [0.29, 0.717) is 0 Å². The number of nitrogens with zero attached hydrogens (tertiary/aromatic N) is 1. The van der Waals surface area contributed by atoms with Crippen molar-refractivity contribution in [2.24, 2.45) is 0 Å². The maximum absolute atomic E-state index is 11.0. The van der Waals surface area contributed by atoms with Crippen LogP contribution < -0.4 is 8.92 Å². The van der Waals surface area contributed by atoms with Crippen LogP contribution in [0.3, 0.4) is 0 Å². The van der Waals surface area contributed by atoms with Crippen molar-refractivity contribution in [2.45, 2.75) is 6.92 Å². The molecule has 86 valence electrons. The van der Waals surface area contributed by atoms with Crippen LogP contribution in [-0.4, -0.2) is 19.9 Å². The zero-order valence-corrected chi connectivity index (χ0v) is 11.0. The van der Waals surface area contributed by atoms with E-state index in [0.717, 1.165) is 14.5 Å². The normalized spacial score (nSPS) is 10.2. The van der Waals surface area contributed by atoms with Crippen LogP contribution in [0.1, 0.15) is 5.56 Å². The number of hydrogen-bond donors (Lipinski definition) is 0. The fraction of sp³-hybridized carbons (Fsp3) is 0.0769. The molecule has 2 aromatic carbocycles. The van der Waals surface area contributed by atoms with Crippen molar-refractivity contribution in [1.82, 2.24) is 0 Å². The van der Waals surface area contributed by atoms with Gasteiger partial charge < -0.3 is 0 Å². The van der Waals surface area contributed by atoms with Crippen molar-refractivity contribution in [3.8, 4) is 0 Å². The Hall–Kier alpha value is -1.64. The third kappa shape index (κ3) is 2.73. The molecule has 0 aliphatic heterocycles. The summed E-state index contributed by atoms with van der Waals surface area (Å²) in [5.41, 5.74) is 1.22. The molecule has 2 rings (SSSR count). The first kappa shape index (κ1) is 11.8. The third-order valence-corrected chi connectivity index (χ3v) is 4.96. The Bertz CT molecular complexity index is 540. The molecule has 0 heterocycles. The predicted molar refractivity (Wildman–Crippen MR) is 69.3 cm³/mol. The number of aryl methyl sites for hydroxylation is 1. The topological polar surface area (TPSA) is 43.1 Å². The summed E-state index contributed by atoms with van der Waals surface area (Å²) in [6.07, 6.45) is 0. The van der Waals surface area contributed by atoms with Gasteiger partial charge in [-0.2, -0.15) is 0 Å². The fourth-order valence-corrected chi connectivity index (χ4v) is 3.63. The van der Waals surface area contributed by atoms with Gasteiger partial charge in [0.2, 0.25) is 0 Å². The second-order valence-corrected chi connectivity index (χ2v) is 5.87. The van der Waals surface area contributed by atoms with E-state index in [1.807, 2.05) is 43.3 Å². The number of rotatable bonds is 3. The van der Waals surface area contributed by atoms with Crippen LogP contribution in [0, 0.1) is 17.0 Å². The van der Waals surface area contributed by atoms with Crippen molar-refractivity contribution in [2.75, 3.05) is 0 Å². The van der Waals surface area contributed by atoms with E-state index < -0.39 is 0 Å². The van der Waals surface area contributed by atoms with Gasteiger partial charge in [-0.3, -0.25) is 0 Å². The summed E-state index contributed by atoms with van der Waals surface area (Å²) >= 11 is -0.0188. The summed E-state index contributed by atoms with van der Waals surface area (Å²) in [5.74, 6) is 0. The molecule has 0 bridgehead atoms. The molecule has 2 aromatic rings. The number of hydrogen-bond acceptors (Lipinski definition) is 2. The molecule has 0 spiro atoms. The standard InChI is InChI=1S/C13H11NO2Se/c1-10-6-5-9-12(14(15)16)13(10)17-11-7-3-2-4-8-11/h2-9H,1H3. The van der Waals surface area contributed by atoms with Crippen molar-refractivity contribution in [3.63, 3.8) is 0 Å². The molecule has 0 amide bonds. The van der Waals surface area contributed by atoms with Crippen LogP contribution in [0.4, 0.5) is 5.69 Å². The Balaban J connectivity index is 2.41. The molecule has 0 saturated heterocycles. The van der Waals surface area contributed by atoms with E-state index in [9.17, 15) is 10.1 Å². The van der Waals surface area contributed by atoms with Gasteiger partial charge in [-0.05, 0) is 0 Å². The Kier molecular flexibility index (Phi) is 3.57. The van der Waals surface area contributed by atoms with Gasteiger partial charge in [0.25, 0.3) is 0 Å². The minimum atomic E-state index is -0.299. The van der Waals surface area contributed by atoms with Gasteiger partial charge in [0.15, 0.2) is 0 Å². The van der Waals surface area contributed by atoms with Crippen LogP contribution in [0.25, 0.3) is 0 Å². The number of nitro benzene ring substituents is 1. The maximum atomic E-state index is 11.0. The Morgan fingerprint density at radius 3 is 2.41 bits per heavy atom. The van der Waals surface area contributed by atoms with Crippen molar-refractivity contribution >= 4 is 29.6 Å². The first-order valence-corrected chi connectivity index (χ1v) is 6.86. The molecule has 0 N–H and O–H groups in total. The Morgan fingerprint density at radius 2 is 1.76 bits per heavy atom. The van der Waals surface area contributed by atoms with E-state index in [-0.39, 0.29) is 25.6 Å². The zero-order chi connectivity index (χ0) is 12.3. The van der Waals surface area contributed by atoms with Gasteiger partial charge in [0.1, 0.15) is 0 Å². The molecular formula is C13H11NO2Se. The monoisotopic (exact) mass is 293 g/mol. The van der Waals surface area contributed by atoms with Gasteiger partial charge in [0, 0.05) is 0 Å². The molecule has 4 heteroatoms. The van der Waals surface area contributed by atoms with E-state index >= 15 is 0 Å². The summed E-state index contributed by atoms with van der Waals surface area (Å²) in [6.45, 7) is 1.92. The predicted octanol–water partition coefficient (Wildman–Crippen LogP) is 1.56. The summed E-state index contributed by atoms with van der Waals surface area (Å²) < 4.78 is 2.01. The summed E-state index contributed by atoms with van der Waals surface area (Å²) in [7, 11) is 0. The third-order valence-electron chi connectivity index (χ3n) is 2.35. The first-order valence-electron chi connectivity index (χ1n) is 5.15. The second-order valence-electron chi connectivity index (χ2n) is 3.60. The fourth-order valence-electron chi connectivity index (χ4n) is 1.52. The van der Waals surface area contributed by atoms with Gasteiger partial charge in [-0.25, -0.2) is 0 Å². The average molecular weight is 292 g/mol. The molecule has 0 unspecified atom stereocenters. The van der Waals surface area contributed by atoms with Crippen LogP contribution in [0.2, 0.25) is 0 Å². The quantitative estimate of drug-likeness (QED) is 0.489. The van der Waals surface area contributed by atoms with Crippen LogP contribution in [0.5, 0.6) is 0 Å². The second kappa shape index (κ2) is 5.13. The number of nitro groups is 1. The zero-order valence-electron chi connectivity index (χ0n) is 9.29. The van der Waals surface area contributed by atoms with Crippen LogP contribution in [-0.2, 0) is 0 Å².